The first kappa shape index (κ1) is 21.1. The van der Waals surface area contributed by atoms with Crippen LogP contribution >= 0.6 is 0 Å². The fourth-order valence-corrected chi connectivity index (χ4v) is 3.41. The number of para-hydroxylation sites is 1. The SMILES string of the molecule is CCOCc1ccc(N(c2ccccc2)c2ccc(COCC)c(C)c2)cc1C. The lowest BCUT2D eigenvalue weighted by atomic mass is 10.0. The monoisotopic (exact) mass is 389 g/mol. The molecular formula is C26H31NO2. The predicted molar refractivity (Wildman–Crippen MR) is 121 cm³/mol. The third kappa shape index (κ3) is 5.26. The van der Waals surface area contributed by atoms with Gasteiger partial charge in [0.2, 0.25) is 0 Å². The molecule has 0 radical (unpaired) electrons. The zero-order valence-corrected chi connectivity index (χ0v) is 17.9. The van der Waals surface area contributed by atoms with Gasteiger partial charge in [-0.15, -0.1) is 0 Å². The molecule has 3 aromatic carbocycles. The van der Waals surface area contributed by atoms with Crippen molar-refractivity contribution in [3.8, 4) is 0 Å². The van der Waals surface area contributed by atoms with Crippen LogP contribution in [0.2, 0.25) is 0 Å². The van der Waals surface area contributed by atoms with Crippen molar-refractivity contribution in [2.24, 2.45) is 0 Å². The number of rotatable bonds is 9. The minimum absolute atomic E-state index is 0.652. The fraction of sp³-hybridized carbons (Fsp3) is 0.308. The highest BCUT2D eigenvalue weighted by Crippen LogP contribution is 2.36. The van der Waals surface area contributed by atoms with Crippen LogP contribution in [0.15, 0.2) is 66.7 Å². The van der Waals surface area contributed by atoms with Gasteiger partial charge in [0.05, 0.1) is 13.2 Å². The standard InChI is InChI=1S/C26H31NO2/c1-5-28-18-22-12-14-25(16-20(22)3)27(24-10-8-7-9-11-24)26-15-13-23(19-29-6-2)21(4)17-26/h7-17H,5-6,18-19H2,1-4H3. The van der Waals surface area contributed by atoms with Crippen molar-refractivity contribution >= 4 is 17.1 Å². The van der Waals surface area contributed by atoms with Crippen LogP contribution in [0.1, 0.15) is 36.1 Å². The van der Waals surface area contributed by atoms with Gasteiger partial charge in [-0.1, -0.05) is 30.3 Å². The summed E-state index contributed by atoms with van der Waals surface area (Å²) in [4.78, 5) is 2.30. The van der Waals surface area contributed by atoms with Gasteiger partial charge in [0, 0.05) is 30.3 Å². The van der Waals surface area contributed by atoms with Crippen molar-refractivity contribution < 1.29 is 9.47 Å². The summed E-state index contributed by atoms with van der Waals surface area (Å²) in [6, 6.07) is 23.7. The molecule has 0 aliphatic rings. The fourth-order valence-electron chi connectivity index (χ4n) is 3.41. The Kier molecular flexibility index (Phi) is 7.45. The van der Waals surface area contributed by atoms with Gasteiger partial charge in [-0.05, 0) is 86.3 Å². The van der Waals surface area contributed by atoms with Gasteiger partial charge in [-0.3, -0.25) is 0 Å². The van der Waals surface area contributed by atoms with Crippen LogP contribution in [0.4, 0.5) is 17.1 Å². The predicted octanol–water partition coefficient (Wildman–Crippen LogP) is 6.85. The Morgan fingerprint density at radius 3 is 1.52 bits per heavy atom. The van der Waals surface area contributed by atoms with E-state index in [4.69, 9.17) is 9.47 Å². The van der Waals surface area contributed by atoms with Crippen molar-refractivity contribution in [2.75, 3.05) is 18.1 Å². The molecule has 152 valence electrons. The minimum Gasteiger partial charge on any atom is -0.377 e. The Bertz CT molecular complexity index is 864. The van der Waals surface area contributed by atoms with E-state index in [0.717, 1.165) is 30.3 Å². The maximum atomic E-state index is 5.61. The number of hydrogen-bond acceptors (Lipinski definition) is 3. The van der Waals surface area contributed by atoms with Crippen molar-refractivity contribution in [3.63, 3.8) is 0 Å². The molecule has 0 heterocycles. The number of nitrogens with zero attached hydrogens (tertiary/aromatic N) is 1. The lowest BCUT2D eigenvalue weighted by Gasteiger charge is -2.27. The molecule has 3 aromatic rings. The van der Waals surface area contributed by atoms with Gasteiger partial charge in [-0.25, -0.2) is 0 Å². The highest BCUT2D eigenvalue weighted by molar-refractivity contribution is 5.77. The average molecular weight is 390 g/mol. The van der Waals surface area contributed by atoms with E-state index in [1.807, 2.05) is 13.8 Å². The Morgan fingerprint density at radius 2 is 1.10 bits per heavy atom. The highest BCUT2D eigenvalue weighted by Gasteiger charge is 2.14. The van der Waals surface area contributed by atoms with Crippen LogP contribution in [-0.2, 0) is 22.7 Å². The molecule has 29 heavy (non-hydrogen) atoms. The second-order valence-electron chi connectivity index (χ2n) is 7.17. The zero-order chi connectivity index (χ0) is 20.6. The van der Waals surface area contributed by atoms with Crippen LogP contribution in [0.5, 0.6) is 0 Å². The number of ether oxygens (including phenoxy) is 2. The molecule has 0 amide bonds. The Morgan fingerprint density at radius 1 is 0.621 bits per heavy atom. The van der Waals surface area contributed by atoms with Gasteiger partial charge in [0.1, 0.15) is 0 Å². The van der Waals surface area contributed by atoms with Crippen molar-refractivity contribution in [2.45, 2.75) is 40.9 Å². The van der Waals surface area contributed by atoms with E-state index in [1.165, 1.54) is 22.3 Å². The Hall–Kier alpha value is -2.62. The van der Waals surface area contributed by atoms with E-state index in [-0.39, 0.29) is 0 Å². The quantitative estimate of drug-likeness (QED) is 0.399. The van der Waals surface area contributed by atoms with Gasteiger partial charge < -0.3 is 14.4 Å². The molecule has 0 saturated heterocycles. The number of aryl methyl sites for hydroxylation is 2. The summed E-state index contributed by atoms with van der Waals surface area (Å²) in [6.07, 6.45) is 0. The molecule has 0 unspecified atom stereocenters. The third-order valence-electron chi connectivity index (χ3n) is 5.11. The number of hydrogen-bond donors (Lipinski definition) is 0. The molecule has 0 fully saturated rings. The van der Waals surface area contributed by atoms with E-state index >= 15 is 0 Å². The Labute approximate surface area is 174 Å². The smallest absolute Gasteiger partial charge is 0.0719 e. The molecule has 0 bridgehead atoms. The van der Waals surface area contributed by atoms with Gasteiger partial charge in [0.15, 0.2) is 0 Å². The lowest BCUT2D eigenvalue weighted by Crippen LogP contribution is -2.11. The second kappa shape index (κ2) is 10.2. The molecule has 0 atom stereocenters. The van der Waals surface area contributed by atoms with E-state index in [2.05, 4.69) is 85.5 Å². The summed E-state index contributed by atoms with van der Waals surface area (Å²) in [7, 11) is 0. The summed E-state index contributed by atoms with van der Waals surface area (Å²) in [5.41, 5.74) is 8.36. The van der Waals surface area contributed by atoms with Gasteiger partial charge in [0.25, 0.3) is 0 Å². The molecule has 0 aliphatic heterocycles. The van der Waals surface area contributed by atoms with E-state index in [0.29, 0.717) is 13.2 Å². The van der Waals surface area contributed by atoms with Crippen LogP contribution < -0.4 is 4.90 Å². The molecule has 0 aliphatic carbocycles. The van der Waals surface area contributed by atoms with Crippen LogP contribution in [-0.4, -0.2) is 13.2 Å². The topological polar surface area (TPSA) is 21.7 Å². The third-order valence-corrected chi connectivity index (χ3v) is 5.11. The van der Waals surface area contributed by atoms with Crippen LogP contribution in [0, 0.1) is 13.8 Å². The van der Waals surface area contributed by atoms with E-state index in [9.17, 15) is 0 Å². The summed E-state index contributed by atoms with van der Waals surface area (Å²) >= 11 is 0. The van der Waals surface area contributed by atoms with Crippen molar-refractivity contribution in [1.29, 1.82) is 0 Å². The average Bonchev–Trinajstić information content (AvgIpc) is 2.73. The summed E-state index contributed by atoms with van der Waals surface area (Å²) in [5, 5.41) is 0. The minimum atomic E-state index is 0.652. The first-order valence-corrected chi connectivity index (χ1v) is 10.3. The maximum absolute atomic E-state index is 5.61. The largest absolute Gasteiger partial charge is 0.377 e. The van der Waals surface area contributed by atoms with Crippen LogP contribution in [0.3, 0.4) is 0 Å². The van der Waals surface area contributed by atoms with Gasteiger partial charge >= 0.3 is 0 Å². The molecule has 0 N–H and O–H groups in total. The molecular weight excluding hydrogens is 358 g/mol. The first-order chi connectivity index (χ1) is 14.1. The first-order valence-electron chi connectivity index (χ1n) is 10.3. The Balaban J connectivity index is 2.01. The molecule has 0 saturated carbocycles. The van der Waals surface area contributed by atoms with Crippen molar-refractivity contribution in [1.82, 2.24) is 0 Å². The zero-order valence-electron chi connectivity index (χ0n) is 17.9. The summed E-state index contributed by atoms with van der Waals surface area (Å²) in [6.45, 7) is 11.1. The maximum Gasteiger partial charge on any atom is 0.0719 e. The lowest BCUT2D eigenvalue weighted by molar-refractivity contribution is 0.133. The molecule has 0 spiro atoms. The van der Waals surface area contributed by atoms with E-state index < -0.39 is 0 Å². The number of anilines is 3. The second-order valence-corrected chi connectivity index (χ2v) is 7.17. The number of benzene rings is 3. The normalized spacial score (nSPS) is 10.9. The van der Waals surface area contributed by atoms with Crippen LogP contribution in [0.25, 0.3) is 0 Å². The molecule has 3 heteroatoms. The molecule has 0 aromatic heterocycles. The molecule has 3 rings (SSSR count). The molecule has 3 nitrogen and oxygen atoms in total. The summed E-state index contributed by atoms with van der Waals surface area (Å²) in [5.74, 6) is 0. The van der Waals surface area contributed by atoms with Gasteiger partial charge in [-0.2, -0.15) is 0 Å². The van der Waals surface area contributed by atoms with E-state index in [1.54, 1.807) is 0 Å². The summed E-state index contributed by atoms with van der Waals surface area (Å²) < 4.78 is 11.2. The van der Waals surface area contributed by atoms with Crippen molar-refractivity contribution in [3.05, 3.63) is 89.0 Å². The highest BCUT2D eigenvalue weighted by atomic mass is 16.5.